The van der Waals surface area contributed by atoms with Crippen molar-refractivity contribution in [3.8, 4) is 11.4 Å². The maximum Gasteiger partial charge on any atom is 0.230 e. The van der Waals surface area contributed by atoms with Crippen LogP contribution in [0.3, 0.4) is 0 Å². The van der Waals surface area contributed by atoms with Gasteiger partial charge in [0.15, 0.2) is 0 Å². The monoisotopic (exact) mass is 268 g/mol. The first kappa shape index (κ1) is 11.1. The summed E-state index contributed by atoms with van der Waals surface area (Å²) in [5.74, 6) is 1.69. The summed E-state index contributed by atoms with van der Waals surface area (Å²) in [5, 5.41) is 5.11. The van der Waals surface area contributed by atoms with Gasteiger partial charge in [0.25, 0.3) is 0 Å². The fourth-order valence-electron chi connectivity index (χ4n) is 1.84. The molecule has 0 aliphatic heterocycles. The molecule has 1 aromatic heterocycles. The highest BCUT2D eigenvalue weighted by Crippen LogP contribution is 2.36. The minimum Gasteiger partial charge on any atom is -0.339 e. The molecule has 3 rings (SSSR count). The number of halogens is 2. The molecule has 3 nitrogen and oxygen atoms in total. The van der Waals surface area contributed by atoms with Crippen LogP contribution in [0.2, 0.25) is 10.0 Å². The quantitative estimate of drug-likeness (QED) is 0.815. The Morgan fingerprint density at radius 3 is 2.71 bits per heavy atom. The molecule has 1 aromatic carbocycles. The third-order valence-corrected chi connectivity index (χ3v) is 3.62. The maximum atomic E-state index is 6.09. The molecular weight excluding hydrogens is 259 g/mol. The van der Waals surface area contributed by atoms with Gasteiger partial charge >= 0.3 is 0 Å². The molecule has 1 aliphatic rings. The predicted octanol–water partition coefficient (Wildman–Crippen LogP) is 4.31. The summed E-state index contributed by atoms with van der Waals surface area (Å²) in [4.78, 5) is 4.39. The minimum atomic E-state index is 0.433. The van der Waals surface area contributed by atoms with E-state index >= 15 is 0 Å². The molecule has 1 saturated carbocycles. The van der Waals surface area contributed by atoms with Gasteiger partial charge in [0.2, 0.25) is 11.7 Å². The fraction of sp³-hybridized carbons (Fsp3) is 0.333. The summed E-state index contributed by atoms with van der Waals surface area (Å²) in [6.07, 6.45) is 3.51. The van der Waals surface area contributed by atoms with Crippen molar-refractivity contribution in [2.45, 2.75) is 25.2 Å². The zero-order chi connectivity index (χ0) is 11.8. The Bertz CT molecular complexity index is 549. The van der Waals surface area contributed by atoms with E-state index in [0.29, 0.717) is 21.8 Å². The lowest BCUT2D eigenvalue weighted by Gasteiger charge is -2.20. The number of hydrogen-bond acceptors (Lipinski definition) is 3. The van der Waals surface area contributed by atoms with Gasteiger partial charge in [-0.05, 0) is 31.0 Å². The Balaban J connectivity index is 1.94. The lowest BCUT2D eigenvalue weighted by Crippen LogP contribution is -2.08. The van der Waals surface area contributed by atoms with Crippen LogP contribution in [0.4, 0.5) is 0 Å². The average Bonchev–Trinajstić information content (AvgIpc) is 2.64. The van der Waals surface area contributed by atoms with Crippen LogP contribution in [0.5, 0.6) is 0 Å². The summed E-state index contributed by atoms with van der Waals surface area (Å²) in [7, 11) is 0. The van der Waals surface area contributed by atoms with Crippen LogP contribution < -0.4 is 0 Å². The van der Waals surface area contributed by atoms with E-state index in [1.807, 2.05) is 0 Å². The van der Waals surface area contributed by atoms with E-state index in [4.69, 9.17) is 27.7 Å². The van der Waals surface area contributed by atoms with Gasteiger partial charge in [0.05, 0.1) is 5.02 Å². The Morgan fingerprint density at radius 2 is 2.06 bits per heavy atom. The Kier molecular flexibility index (Phi) is 2.81. The van der Waals surface area contributed by atoms with Crippen LogP contribution >= 0.6 is 23.2 Å². The van der Waals surface area contributed by atoms with Crippen LogP contribution in [0, 0.1) is 0 Å². The van der Waals surface area contributed by atoms with E-state index in [9.17, 15) is 0 Å². The highest BCUT2D eigenvalue weighted by atomic mass is 35.5. The zero-order valence-corrected chi connectivity index (χ0v) is 10.5. The average molecular weight is 269 g/mol. The van der Waals surface area contributed by atoms with E-state index in [0.717, 1.165) is 24.3 Å². The standard InChI is InChI=1S/C12H10Cl2N2O/c13-8-4-5-9(10(14)6-8)11-15-12(17-16-11)7-2-1-3-7/h4-7H,1-3H2. The van der Waals surface area contributed by atoms with Crippen molar-refractivity contribution >= 4 is 23.2 Å². The van der Waals surface area contributed by atoms with E-state index in [1.165, 1.54) is 6.42 Å². The molecule has 17 heavy (non-hydrogen) atoms. The first-order valence-corrected chi connectivity index (χ1v) is 6.28. The first-order valence-electron chi connectivity index (χ1n) is 5.53. The van der Waals surface area contributed by atoms with Gasteiger partial charge in [-0.2, -0.15) is 4.98 Å². The van der Waals surface area contributed by atoms with Crippen molar-refractivity contribution in [3.63, 3.8) is 0 Å². The molecule has 1 fully saturated rings. The predicted molar refractivity (Wildman–Crippen MR) is 66.3 cm³/mol. The topological polar surface area (TPSA) is 38.9 Å². The van der Waals surface area contributed by atoms with Crippen LogP contribution in [-0.2, 0) is 0 Å². The van der Waals surface area contributed by atoms with Gasteiger partial charge in [-0.25, -0.2) is 0 Å². The second-order valence-electron chi connectivity index (χ2n) is 4.21. The van der Waals surface area contributed by atoms with Gasteiger partial charge in [-0.15, -0.1) is 0 Å². The molecule has 0 radical (unpaired) electrons. The smallest absolute Gasteiger partial charge is 0.230 e. The second-order valence-corrected chi connectivity index (χ2v) is 5.05. The van der Waals surface area contributed by atoms with Crippen LogP contribution in [0.1, 0.15) is 31.1 Å². The third kappa shape index (κ3) is 2.05. The van der Waals surface area contributed by atoms with Crippen LogP contribution in [0.25, 0.3) is 11.4 Å². The van der Waals surface area contributed by atoms with Crippen molar-refractivity contribution in [1.82, 2.24) is 10.1 Å². The molecule has 0 amide bonds. The van der Waals surface area contributed by atoms with Gasteiger partial charge in [0, 0.05) is 16.5 Å². The SMILES string of the molecule is Clc1ccc(-c2noc(C3CCC3)n2)c(Cl)c1. The van der Waals surface area contributed by atoms with Crippen molar-refractivity contribution in [3.05, 3.63) is 34.1 Å². The zero-order valence-electron chi connectivity index (χ0n) is 8.99. The van der Waals surface area contributed by atoms with Crippen molar-refractivity contribution < 1.29 is 4.52 Å². The molecule has 0 atom stereocenters. The normalized spacial score (nSPS) is 15.9. The number of nitrogens with zero attached hydrogens (tertiary/aromatic N) is 2. The van der Waals surface area contributed by atoms with E-state index in [1.54, 1.807) is 18.2 Å². The number of rotatable bonds is 2. The molecule has 0 saturated heterocycles. The number of aromatic nitrogens is 2. The minimum absolute atomic E-state index is 0.433. The molecule has 1 heterocycles. The van der Waals surface area contributed by atoms with Crippen molar-refractivity contribution in [1.29, 1.82) is 0 Å². The summed E-state index contributed by atoms with van der Waals surface area (Å²) >= 11 is 11.9. The van der Waals surface area contributed by atoms with E-state index in [2.05, 4.69) is 10.1 Å². The first-order chi connectivity index (χ1) is 8.24. The molecular formula is C12H10Cl2N2O. The van der Waals surface area contributed by atoms with Crippen molar-refractivity contribution in [2.24, 2.45) is 0 Å². The highest BCUT2D eigenvalue weighted by Gasteiger charge is 2.25. The van der Waals surface area contributed by atoms with Gasteiger partial charge in [-0.3, -0.25) is 0 Å². The lowest BCUT2D eigenvalue weighted by molar-refractivity contribution is 0.292. The molecule has 0 bridgehead atoms. The van der Waals surface area contributed by atoms with E-state index < -0.39 is 0 Å². The number of benzene rings is 1. The fourth-order valence-corrected chi connectivity index (χ4v) is 2.33. The summed E-state index contributed by atoms with van der Waals surface area (Å²) in [6.45, 7) is 0. The summed E-state index contributed by atoms with van der Waals surface area (Å²) in [5.41, 5.74) is 0.755. The Morgan fingerprint density at radius 1 is 1.24 bits per heavy atom. The summed E-state index contributed by atoms with van der Waals surface area (Å²) in [6, 6.07) is 5.25. The molecule has 88 valence electrons. The van der Waals surface area contributed by atoms with Gasteiger partial charge in [-0.1, -0.05) is 34.8 Å². The third-order valence-electron chi connectivity index (χ3n) is 3.07. The maximum absolute atomic E-state index is 6.09. The van der Waals surface area contributed by atoms with Crippen LogP contribution in [0.15, 0.2) is 22.7 Å². The van der Waals surface area contributed by atoms with Gasteiger partial charge in [0.1, 0.15) is 0 Å². The van der Waals surface area contributed by atoms with Crippen LogP contribution in [-0.4, -0.2) is 10.1 Å². The molecule has 2 aromatic rings. The lowest BCUT2D eigenvalue weighted by atomic mass is 9.85. The van der Waals surface area contributed by atoms with Gasteiger partial charge < -0.3 is 4.52 Å². The second kappa shape index (κ2) is 4.31. The summed E-state index contributed by atoms with van der Waals surface area (Å²) < 4.78 is 5.26. The Hall–Kier alpha value is -1.06. The molecule has 0 spiro atoms. The largest absolute Gasteiger partial charge is 0.339 e. The molecule has 0 unspecified atom stereocenters. The Labute approximate surface area is 109 Å². The highest BCUT2D eigenvalue weighted by molar-refractivity contribution is 6.36. The number of hydrogen-bond donors (Lipinski definition) is 0. The molecule has 1 aliphatic carbocycles. The molecule has 5 heteroatoms. The van der Waals surface area contributed by atoms with E-state index in [-0.39, 0.29) is 0 Å². The molecule has 0 N–H and O–H groups in total. The van der Waals surface area contributed by atoms with Crippen molar-refractivity contribution in [2.75, 3.05) is 0 Å².